The predicted octanol–water partition coefficient (Wildman–Crippen LogP) is 4.18. The zero-order chi connectivity index (χ0) is 21.7. The monoisotopic (exact) mass is 417 g/mol. The molecule has 3 fully saturated rings. The molecule has 0 aromatic carbocycles. The van der Waals surface area contributed by atoms with Crippen molar-refractivity contribution < 1.29 is 24.1 Å². The largest absolute Gasteiger partial charge is 0.432 e. The maximum absolute atomic E-state index is 12.7. The van der Waals surface area contributed by atoms with Crippen LogP contribution < -0.4 is 0 Å². The van der Waals surface area contributed by atoms with Gasteiger partial charge in [0, 0.05) is 24.2 Å². The Morgan fingerprint density at radius 3 is 2.57 bits per heavy atom. The average molecular weight is 418 g/mol. The lowest BCUT2D eigenvalue weighted by Gasteiger charge is -2.57. The van der Waals surface area contributed by atoms with Crippen LogP contribution in [-0.2, 0) is 14.2 Å². The maximum Gasteiger partial charge on any atom is 0.340 e. The average Bonchev–Trinajstić information content (AvgIpc) is 2.83. The lowest BCUT2D eigenvalue weighted by molar-refractivity contribution is -0.385. The van der Waals surface area contributed by atoms with Gasteiger partial charge in [-0.15, -0.1) is 0 Å². The number of rotatable bonds is 3. The Labute approximate surface area is 179 Å². The van der Waals surface area contributed by atoms with Crippen LogP contribution in [0, 0.1) is 29.6 Å². The van der Waals surface area contributed by atoms with E-state index in [1.165, 1.54) is 0 Å². The van der Waals surface area contributed by atoms with Gasteiger partial charge in [0.05, 0.1) is 11.2 Å². The quantitative estimate of drug-likeness (QED) is 0.744. The van der Waals surface area contributed by atoms with Gasteiger partial charge in [-0.1, -0.05) is 27.7 Å². The second-order valence-corrected chi connectivity index (χ2v) is 10.1. The molecule has 3 aliphatic rings. The van der Waals surface area contributed by atoms with E-state index >= 15 is 0 Å². The zero-order valence-electron chi connectivity index (χ0n) is 18.7. The summed E-state index contributed by atoms with van der Waals surface area (Å²) in [4.78, 5) is 16.6. The first-order valence-electron chi connectivity index (χ1n) is 11.3. The number of hydrogen-bond acceptors (Lipinski definition) is 6. The van der Waals surface area contributed by atoms with E-state index in [2.05, 4.69) is 32.7 Å². The molecule has 6 heteroatoms. The summed E-state index contributed by atoms with van der Waals surface area (Å²) in [6.45, 7) is 10.6. The van der Waals surface area contributed by atoms with Crippen LogP contribution in [0.2, 0.25) is 0 Å². The Kier molecular flexibility index (Phi) is 5.71. The van der Waals surface area contributed by atoms with Gasteiger partial charge in [-0.25, -0.2) is 4.79 Å². The standard InChI is InChI=1S/C24H35NO5/c1-14(2)23(5)11-8-18-15(3)6-7-19-16(4)21(29-22(30-23)24(18,19)27)28-20(26)17-9-12-25-13-10-17/h9-10,12-16,18-19,21-22,27H,6-8,11H2,1-5H3/t15-,16-,18?,19?,21+,22-,23+,24-/m1/s1. The molecule has 166 valence electrons. The Hall–Kier alpha value is -1.50. The van der Waals surface area contributed by atoms with Crippen molar-refractivity contribution >= 4 is 5.97 Å². The minimum atomic E-state index is -1.07. The van der Waals surface area contributed by atoms with Crippen molar-refractivity contribution in [1.82, 2.24) is 4.98 Å². The first-order chi connectivity index (χ1) is 14.2. The van der Waals surface area contributed by atoms with Gasteiger partial charge in [0.2, 0.25) is 6.29 Å². The number of carbonyl (C=O) groups excluding carboxylic acids is 1. The summed E-state index contributed by atoms with van der Waals surface area (Å²) in [6, 6.07) is 3.25. The third kappa shape index (κ3) is 3.47. The van der Waals surface area contributed by atoms with Crippen LogP contribution in [0.3, 0.4) is 0 Å². The molecule has 2 aliphatic heterocycles. The number of pyridine rings is 1. The van der Waals surface area contributed by atoms with Crippen LogP contribution in [0.25, 0.3) is 0 Å². The van der Waals surface area contributed by atoms with Crippen LogP contribution in [-0.4, -0.2) is 39.8 Å². The number of carbonyl (C=O) groups is 1. The van der Waals surface area contributed by atoms with Gasteiger partial charge in [-0.3, -0.25) is 4.98 Å². The molecule has 2 unspecified atom stereocenters. The predicted molar refractivity (Wildman–Crippen MR) is 111 cm³/mol. The highest BCUT2D eigenvalue weighted by Crippen LogP contribution is 2.56. The van der Waals surface area contributed by atoms with Gasteiger partial charge in [0.1, 0.15) is 5.60 Å². The third-order valence-corrected chi connectivity index (χ3v) is 8.20. The van der Waals surface area contributed by atoms with E-state index < -0.39 is 29.8 Å². The number of esters is 1. The molecule has 2 saturated heterocycles. The molecule has 0 spiro atoms. The van der Waals surface area contributed by atoms with Gasteiger partial charge >= 0.3 is 5.97 Å². The number of hydrogen-bond donors (Lipinski definition) is 1. The second kappa shape index (κ2) is 7.88. The highest BCUT2D eigenvalue weighted by atomic mass is 16.8. The molecule has 0 bridgehead atoms. The molecule has 1 aromatic rings. The molecular formula is C24H35NO5. The topological polar surface area (TPSA) is 77.9 Å². The third-order valence-electron chi connectivity index (χ3n) is 8.20. The fourth-order valence-electron chi connectivity index (χ4n) is 5.79. The fourth-order valence-corrected chi connectivity index (χ4v) is 5.79. The molecule has 1 aliphatic carbocycles. The fraction of sp³-hybridized carbons (Fsp3) is 0.750. The minimum Gasteiger partial charge on any atom is -0.432 e. The molecule has 8 atom stereocenters. The van der Waals surface area contributed by atoms with Gasteiger partial charge in [-0.05, 0) is 62.5 Å². The van der Waals surface area contributed by atoms with Crippen molar-refractivity contribution in [3.05, 3.63) is 30.1 Å². The van der Waals surface area contributed by atoms with Crippen LogP contribution >= 0.6 is 0 Å². The van der Waals surface area contributed by atoms with E-state index in [0.29, 0.717) is 11.5 Å². The lowest BCUT2D eigenvalue weighted by Crippen LogP contribution is -2.67. The van der Waals surface area contributed by atoms with Gasteiger partial charge in [0.15, 0.2) is 6.29 Å². The zero-order valence-corrected chi connectivity index (χ0v) is 18.7. The summed E-state index contributed by atoms with van der Waals surface area (Å²) in [5, 5.41) is 12.1. The van der Waals surface area contributed by atoms with E-state index in [4.69, 9.17) is 14.2 Å². The minimum absolute atomic E-state index is 0.0396. The number of aromatic nitrogens is 1. The van der Waals surface area contributed by atoms with Crippen molar-refractivity contribution in [2.45, 2.75) is 84.1 Å². The van der Waals surface area contributed by atoms with Gasteiger partial charge in [0.25, 0.3) is 0 Å². The normalized spacial score (nSPS) is 43.6. The maximum atomic E-state index is 12.7. The van der Waals surface area contributed by atoms with E-state index in [1.54, 1.807) is 24.5 Å². The van der Waals surface area contributed by atoms with Crippen LogP contribution in [0.4, 0.5) is 0 Å². The molecule has 3 heterocycles. The summed E-state index contributed by atoms with van der Waals surface area (Å²) in [5.74, 6) is 0.178. The summed E-state index contributed by atoms with van der Waals surface area (Å²) < 4.78 is 18.6. The van der Waals surface area contributed by atoms with E-state index in [9.17, 15) is 9.90 Å². The molecule has 0 radical (unpaired) electrons. The van der Waals surface area contributed by atoms with E-state index in [-0.39, 0.29) is 23.7 Å². The SMILES string of the molecule is CC(C)[C@]1(C)CCC2[C@H](C)CCC3[C@@H](C)[C@@H](OC(=O)c4ccncc4)O[C@H](O1)[C@@]23O. The second-order valence-electron chi connectivity index (χ2n) is 10.1. The molecule has 1 saturated carbocycles. The smallest absolute Gasteiger partial charge is 0.340 e. The highest BCUT2D eigenvalue weighted by Gasteiger charge is 2.64. The molecule has 0 amide bonds. The number of ether oxygens (including phenoxy) is 3. The Morgan fingerprint density at radius 2 is 1.90 bits per heavy atom. The Morgan fingerprint density at radius 1 is 1.20 bits per heavy atom. The molecule has 30 heavy (non-hydrogen) atoms. The Bertz CT molecular complexity index is 770. The van der Waals surface area contributed by atoms with Crippen molar-refractivity contribution in [3.63, 3.8) is 0 Å². The molecule has 6 nitrogen and oxygen atoms in total. The van der Waals surface area contributed by atoms with E-state index in [1.807, 2.05) is 6.92 Å². The van der Waals surface area contributed by atoms with Crippen molar-refractivity contribution in [2.75, 3.05) is 0 Å². The summed E-state index contributed by atoms with van der Waals surface area (Å²) >= 11 is 0. The molecular weight excluding hydrogens is 382 g/mol. The number of nitrogens with zero attached hydrogens (tertiary/aromatic N) is 1. The highest BCUT2D eigenvalue weighted by molar-refractivity contribution is 5.89. The Balaban J connectivity index is 1.65. The van der Waals surface area contributed by atoms with Crippen LogP contribution in [0.15, 0.2) is 24.5 Å². The summed E-state index contributed by atoms with van der Waals surface area (Å²) in [7, 11) is 0. The van der Waals surface area contributed by atoms with E-state index in [0.717, 1.165) is 25.7 Å². The van der Waals surface area contributed by atoms with Crippen LogP contribution in [0.5, 0.6) is 0 Å². The first kappa shape index (κ1) is 21.7. The lowest BCUT2D eigenvalue weighted by atomic mass is 9.58. The molecule has 1 N–H and O–H groups in total. The van der Waals surface area contributed by atoms with Crippen LogP contribution in [0.1, 0.15) is 70.7 Å². The van der Waals surface area contributed by atoms with Gasteiger partial charge < -0.3 is 19.3 Å². The van der Waals surface area contributed by atoms with Crippen molar-refractivity contribution in [2.24, 2.45) is 29.6 Å². The molecule has 4 rings (SSSR count). The van der Waals surface area contributed by atoms with Gasteiger partial charge in [-0.2, -0.15) is 0 Å². The first-order valence-corrected chi connectivity index (χ1v) is 11.3. The van der Waals surface area contributed by atoms with Crippen molar-refractivity contribution in [1.29, 1.82) is 0 Å². The summed E-state index contributed by atoms with van der Waals surface area (Å²) in [6.07, 6.45) is 5.28. The molecule has 1 aromatic heterocycles. The van der Waals surface area contributed by atoms with Crippen molar-refractivity contribution in [3.8, 4) is 0 Å². The number of aliphatic hydroxyl groups is 1. The summed E-state index contributed by atoms with van der Waals surface area (Å²) in [5.41, 5.74) is -1.03.